The van der Waals surface area contributed by atoms with E-state index in [4.69, 9.17) is 0 Å². The third-order valence-corrected chi connectivity index (χ3v) is 3.85. The fourth-order valence-electron chi connectivity index (χ4n) is 2.93. The first-order valence-electron chi connectivity index (χ1n) is 7.13. The Balaban J connectivity index is 2.43. The summed E-state index contributed by atoms with van der Waals surface area (Å²) >= 11 is 0. The van der Waals surface area contributed by atoms with Gasteiger partial charge in [-0.2, -0.15) is 0 Å². The van der Waals surface area contributed by atoms with E-state index in [1.807, 2.05) is 0 Å². The smallest absolute Gasteiger partial charge is 0.0623 e. The maximum atomic E-state index is 9.61. The van der Waals surface area contributed by atoms with Gasteiger partial charge in [-0.3, -0.25) is 0 Å². The van der Waals surface area contributed by atoms with E-state index in [1.54, 1.807) is 0 Å². The molecule has 0 aromatic heterocycles. The van der Waals surface area contributed by atoms with Crippen molar-refractivity contribution < 1.29 is 5.11 Å². The molecule has 1 heterocycles. The topological polar surface area (TPSA) is 38.7 Å². The molecule has 1 aliphatic rings. The van der Waals surface area contributed by atoms with Crippen LogP contribution in [0.25, 0.3) is 0 Å². The van der Waals surface area contributed by atoms with Crippen molar-refractivity contribution >= 4 is 0 Å². The van der Waals surface area contributed by atoms with Crippen LogP contribution in [0.5, 0.6) is 0 Å². The summed E-state index contributed by atoms with van der Waals surface area (Å²) in [6, 6.07) is 1.13. The lowest BCUT2D eigenvalue weighted by molar-refractivity contribution is 0.0819. The highest BCUT2D eigenvalue weighted by Gasteiger charge is 2.29. The molecule has 1 unspecified atom stereocenters. The van der Waals surface area contributed by atoms with Gasteiger partial charge in [0.05, 0.1) is 12.1 Å². The van der Waals surface area contributed by atoms with Crippen molar-refractivity contribution in [3.05, 3.63) is 0 Å². The van der Waals surface area contributed by atoms with Crippen molar-refractivity contribution in [2.45, 2.75) is 51.2 Å². The van der Waals surface area contributed by atoms with Crippen LogP contribution in [0.2, 0.25) is 0 Å². The summed E-state index contributed by atoms with van der Waals surface area (Å²) in [5.41, 5.74) is -0.181. The molecule has 0 aromatic carbocycles. The number of hydrogen-bond acceptors (Lipinski definition) is 4. The molecule has 1 saturated heterocycles. The molecule has 1 rings (SSSR count). The van der Waals surface area contributed by atoms with Gasteiger partial charge in [-0.05, 0) is 47.0 Å². The Bertz CT molecular complexity index is 237. The minimum Gasteiger partial charge on any atom is -0.394 e. The maximum absolute atomic E-state index is 9.61. The minimum absolute atomic E-state index is 0.181. The summed E-state index contributed by atoms with van der Waals surface area (Å²) in [6.07, 6.45) is 2.46. The standard InChI is InChI=1S/C14H31N3O/c1-12(2)15-14(3,11-18)10-17-8-6-13(7-9-17)16(4)5/h12-13,15,18H,6-11H2,1-5H3. The molecule has 0 radical (unpaired) electrons. The fraction of sp³-hybridized carbons (Fsp3) is 1.00. The van der Waals surface area contributed by atoms with E-state index in [0.29, 0.717) is 6.04 Å². The van der Waals surface area contributed by atoms with Crippen LogP contribution in [0, 0.1) is 0 Å². The molecule has 1 aliphatic heterocycles. The number of hydrogen-bond donors (Lipinski definition) is 2. The molecule has 0 amide bonds. The van der Waals surface area contributed by atoms with E-state index in [1.165, 1.54) is 12.8 Å². The molecule has 0 aliphatic carbocycles. The molecular weight excluding hydrogens is 226 g/mol. The highest BCUT2D eigenvalue weighted by molar-refractivity contribution is 4.89. The Kier molecular flexibility index (Phi) is 6.05. The third kappa shape index (κ3) is 4.84. The van der Waals surface area contributed by atoms with Crippen molar-refractivity contribution in [2.75, 3.05) is 40.3 Å². The number of rotatable bonds is 6. The van der Waals surface area contributed by atoms with Crippen LogP contribution < -0.4 is 5.32 Å². The van der Waals surface area contributed by atoms with Crippen molar-refractivity contribution in [3.8, 4) is 0 Å². The van der Waals surface area contributed by atoms with E-state index in [2.05, 4.69) is 50.0 Å². The Labute approximate surface area is 112 Å². The molecule has 1 fully saturated rings. The SMILES string of the molecule is CC(C)NC(C)(CO)CN1CCC(N(C)C)CC1. The van der Waals surface area contributed by atoms with Crippen molar-refractivity contribution in [1.29, 1.82) is 0 Å². The van der Waals surface area contributed by atoms with Crippen LogP contribution in [0.4, 0.5) is 0 Å². The molecule has 108 valence electrons. The lowest BCUT2D eigenvalue weighted by atomic mass is 9.98. The van der Waals surface area contributed by atoms with Gasteiger partial charge in [-0.25, -0.2) is 0 Å². The Hall–Kier alpha value is -0.160. The highest BCUT2D eigenvalue weighted by atomic mass is 16.3. The van der Waals surface area contributed by atoms with Crippen LogP contribution in [0.15, 0.2) is 0 Å². The van der Waals surface area contributed by atoms with E-state index in [0.717, 1.165) is 25.7 Å². The van der Waals surface area contributed by atoms with E-state index >= 15 is 0 Å². The second-order valence-electron chi connectivity index (χ2n) is 6.49. The van der Waals surface area contributed by atoms with Gasteiger partial charge in [0.25, 0.3) is 0 Å². The summed E-state index contributed by atoms with van der Waals surface area (Å²) in [4.78, 5) is 4.81. The van der Waals surface area contributed by atoms with Crippen LogP contribution >= 0.6 is 0 Å². The van der Waals surface area contributed by atoms with Crippen LogP contribution in [-0.4, -0.2) is 72.9 Å². The fourth-order valence-corrected chi connectivity index (χ4v) is 2.93. The number of nitrogens with one attached hydrogen (secondary N) is 1. The van der Waals surface area contributed by atoms with Crippen molar-refractivity contribution in [2.24, 2.45) is 0 Å². The monoisotopic (exact) mass is 257 g/mol. The zero-order chi connectivity index (χ0) is 13.8. The van der Waals surface area contributed by atoms with Gasteiger partial charge < -0.3 is 20.2 Å². The van der Waals surface area contributed by atoms with Crippen molar-refractivity contribution in [1.82, 2.24) is 15.1 Å². The van der Waals surface area contributed by atoms with E-state index < -0.39 is 0 Å². The Morgan fingerprint density at radius 1 is 1.33 bits per heavy atom. The van der Waals surface area contributed by atoms with Gasteiger partial charge in [0.2, 0.25) is 0 Å². The van der Waals surface area contributed by atoms with Gasteiger partial charge in [0.15, 0.2) is 0 Å². The molecular formula is C14H31N3O. The Morgan fingerprint density at radius 2 is 1.89 bits per heavy atom. The molecule has 0 aromatic rings. The number of aliphatic hydroxyl groups is 1. The highest BCUT2D eigenvalue weighted by Crippen LogP contribution is 2.17. The quantitative estimate of drug-likeness (QED) is 0.737. The average Bonchev–Trinajstić information content (AvgIpc) is 2.28. The number of piperidine rings is 1. The molecule has 4 heteroatoms. The zero-order valence-corrected chi connectivity index (χ0v) is 12.7. The summed E-state index contributed by atoms with van der Waals surface area (Å²) in [5, 5.41) is 13.1. The summed E-state index contributed by atoms with van der Waals surface area (Å²) in [6.45, 7) is 9.78. The largest absolute Gasteiger partial charge is 0.394 e. The second kappa shape index (κ2) is 6.85. The normalized spacial score (nSPS) is 22.7. The predicted octanol–water partition coefficient (Wildman–Crippen LogP) is 0.761. The van der Waals surface area contributed by atoms with Crippen molar-refractivity contribution in [3.63, 3.8) is 0 Å². The minimum atomic E-state index is -0.181. The summed E-state index contributed by atoms with van der Waals surface area (Å²) in [5.74, 6) is 0. The number of likely N-dealkylation sites (tertiary alicyclic amines) is 1. The molecule has 0 bridgehead atoms. The number of nitrogens with zero attached hydrogens (tertiary/aromatic N) is 2. The van der Waals surface area contributed by atoms with Gasteiger partial charge in [0, 0.05) is 18.6 Å². The first kappa shape index (κ1) is 15.9. The van der Waals surface area contributed by atoms with Crippen LogP contribution in [0.3, 0.4) is 0 Å². The predicted molar refractivity (Wildman–Crippen MR) is 76.9 cm³/mol. The van der Waals surface area contributed by atoms with E-state index in [-0.39, 0.29) is 12.1 Å². The molecule has 2 N–H and O–H groups in total. The summed E-state index contributed by atoms with van der Waals surface area (Å²) < 4.78 is 0. The maximum Gasteiger partial charge on any atom is 0.0623 e. The number of aliphatic hydroxyl groups excluding tert-OH is 1. The second-order valence-corrected chi connectivity index (χ2v) is 6.49. The van der Waals surface area contributed by atoms with E-state index in [9.17, 15) is 5.11 Å². The lowest BCUT2D eigenvalue weighted by Gasteiger charge is -2.41. The molecule has 4 nitrogen and oxygen atoms in total. The summed E-state index contributed by atoms with van der Waals surface area (Å²) in [7, 11) is 4.33. The van der Waals surface area contributed by atoms with Crippen LogP contribution in [-0.2, 0) is 0 Å². The zero-order valence-electron chi connectivity index (χ0n) is 12.7. The molecule has 18 heavy (non-hydrogen) atoms. The average molecular weight is 257 g/mol. The first-order valence-corrected chi connectivity index (χ1v) is 7.13. The Morgan fingerprint density at radius 3 is 2.28 bits per heavy atom. The first-order chi connectivity index (χ1) is 8.36. The lowest BCUT2D eigenvalue weighted by Crippen LogP contribution is -2.57. The van der Waals surface area contributed by atoms with Gasteiger partial charge in [0.1, 0.15) is 0 Å². The third-order valence-electron chi connectivity index (χ3n) is 3.85. The van der Waals surface area contributed by atoms with Gasteiger partial charge in [-0.15, -0.1) is 0 Å². The van der Waals surface area contributed by atoms with Gasteiger partial charge >= 0.3 is 0 Å². The molecule has 0 spiro atoms. The van der Waals surface area contributed by atoms with Crippen LogP contribution in [0.1, 0.15) is 33.6 Å². The molecule has 0 saturated carbocycles. The molecule has 1 atom stereocenters. The van der Waals surface area contributed by atoms with Gasteiger partial charge in [-0.1, -0.05) is 13.8 Å².